The zero-order valence-corrected chi connectivity index (χ0v) is 30.4. The summed E-state index contributed by atoms with van der Waals surface area (Å²) in [4.78, 5) is 14.7. The second kappa shape index (κ2) is 13.4. The Morgan fingerprint density at radius 1 is 0.404 bits per heavy atom. The van der Waals surface area contributed by atoms with Crippen LogP contribution in [0.2, 0.25) is 0 Å². The van der Waals surface area contributed by atoms with Crippen LogP contribution in [0.4, 0.5) is 0 Å². The summed E-state index contributed by atoms with van der Waals surface area (Å²) in [6.45, 7) is 0. The van der Waals surface area contributed by atoms with Gasteiger partial charge >= 0.3 is 0 Å². The predicted molar refractivity (Wildman–Crippen MR) is 241 cm³/mol. The SMILES string of the molecule is [B]c1c([B])c([B])c2c(c1[B])c1c(-c3ccccc3)c([B])c([B])c([B])c1n2-c1cccc2c1oc1cc(-c3nc(-c4ccccc4)nc(-c4ccccc4)n3)ccc12. The van der Waals surface area contributed by atoms with Gasteiger partial charge in [-0.2, -0.15) is 0 Å². The second-order valence-corrected chi connectivity index (χ2v) is 13.9. The van der Waals surface area contributed by atoms with Gasteiger partial charge in [0.05, 0.1) is 5.69 Å². The van der Waals surface area contributed by atoms with Gasteiger partial charge in [0, 0.05) is 49.3 Å². The number of rotatable bonds is 5. The van der Waals surface area contributed by atoms with Crippen LogP contribution in [-0.4, -0.2) is 74.4 Å². The molecule has 0 saturated carbocycles. The third-order valence-electron chi connectivity index (χ3n) is 10.7. The molecule has 0 unspecified atom stereocenters. The minimum Gasteiger partial charge on any atom is -0.454 e. The fourth-order valence-corrected chi connectivity index (χ4v) is 7.86. The molecule has 0 N–H and O–H groups in total. The minimum atomic E-state index is 0.147. The lowest BCUT2D eigenvalue weighted by molar-refractivity contribution is 0.666. The highest BCUT2D eigenvalue weighted by Gasteiger charge is 2.26. The number of hydrogen-bond acceptors (Lipinski definition) is 4. The van der Waals surface area contributed by atoms with E-state index in [4.69, 9.17) is 74.3 Å². The third-order valence-corrected chi connectivity index (χ3v) is 10.7. The Labute approximate surface area is 337 Å². The lowest BCUT2D eigenvalue weighted by Crippen LogP contribution is -2.48. The fraction of sp³-hybridized carbons (Fsp3) is 0. The highest BCUT2D eigenvalue weighted by molar-refractivity contribution is 6.69. The van der Waals surface area contributed by atoms with E-state index in [0.29, 0.717) is 67.2 Å². The van der Waals surface area contributed by atoms with Crippen LogP contribution in [0.15, 0.2) is 132 Å². The molecule has 0 bridgehead atoms. The van der Waals surface area contributed by atoms with Crippen molar-refractivity contribution in [3.8, 4) is 51.0 Å². The Morgan fingerprint density at radius 3 is 1.51 bits per heavy atom. The number of nitrogens with zero attached hydrogens (tertiary/aromatic N) is 4. The number of fused-ring (bicyclic) bond motifs is 6. The van der Waals surface area contributed by atoms with E-state index in [1.807, 2.05) is 132 Å². The van der Waals surface area contributed by atoms with Gasteiger partial charge in [0.25, 0.3) is 0 Å². The summed E-state index contributed by atoms with van der Waals surface area (Å²) in [5.74, 6) is 1.61. The van der Waals surface area contributed by atoms with Crippen LogP contribution in [0.1, 0.15) is 0 Å². The molecule has 10 rings (SSSR count). The molecule has 0 atom stereocenters. The Bertz CT molecular complexity index is 3200. The largest absolute Gasteiger partial charge is 0.454 e. The van der Waals surface area contributed by atoms with Crippen molar-refractivity contribution >= 4 is 137 Å². The lowest BCUT2D eigenvalue weighted by atomic mass is 9.64. The Kier molecular flexibility index (Phi) is 8.22. The summed E-state index contributed by atoms with van der Waals surface area (Å²) in [6, 6.07) is 41.1. The molecule has 0 aliphatic heterocycles. The van der Waals surface area contributed by atoms with E-state index in [1.54, 1.807) is 0 Å². The minimum absolute atomic E-state index is 0.147. The average Bonchev–Trinajstić information content (AvgIpc) is 3.81. The van der Waals surface area contributed by atoms with Crippen LogP contribution in [0.25, 0.3) is 94.7 Å². The maximum absolute atomic E-state index is 6.94. The Balaban J connectivity index is 1.26. The smallest absolute Gasteiger partial charge is 0.164 e. The number of benzene rings is 7. The molecule has 0 saturated heterocycles. The van der Waals surface area contributed by atoms with Crippen molar-refractivity contribution in [3.63, 3.8) is 0 Å². The van der Waals surface area contributed by atoms with Crippen LogP contribution in [0.3, 0.4) is 0 Å². The molecule has 57 heavy (non-hydrogen) atoms. The van der Waals surface area contributed by atoms with E-state index >= 15 is 0 Å². The van der Waals surface area contributed by atoms with E-state index in [0.717, 1.165) is 33.0 Å². The van der Waals surface area contributed by atoms with Gasteiger partial charge in [0.1, 0.15) is 60.5 Å². The molecule has 5 nitrogen and oxygen atoms in total. The van der Waals surface area contributed by atoms with Gasteiger partial charge in [-0.05, 0) is 29.3 Å². The summed E-state index contributed by atoms with van der Waals surface area (Å²) in [7, 11) is 47.2. The van der Waals surface area contributed by atoms with Gasteiger partial charge in [-0.25, -0.2) is 15.0 Å². The zero-order chi connectivity index (χ0) is 39.1. The molecule has 12 heteroatoms. The quantitative estimate of drug-likeness (QED) is 0.258. The van der Waals surface area contributed by atoms with Gasteiger partial charge in [-0.15, -0.1) is 16.4 Å². The van der Waals surface area contributed by atoms with E-state index in [1.165, 1.54) is 0 Å². The number of para-hydroxylation sites is 1. The van der Waals surface area contributed by atoms with Crippen molar-refractivity contribution in [2.45, 2.75) is 0 Å². The number of aromatic nitrogens is 4. The maximum Gasteiger partial charge on any atom is 0.164 e. The molecule has 248 valence electrons. The van der Waals surface area contributed by atoms with Crippen LogP contribution in [0.5, 0.6) is 0 Å². The molecule has 3 aromatic heterocycles. The normalized spacial score (nSPS) is 11.6. The molecular weight excluding hydrogens is 688 g/mol. The standard InChI is InChI=1S/C45H21B7N4O/c46-33-30(22-11-4-1-5-12-22)31-32-34(47)35(48)37(50)39(52)41(32)56(40(31)38(51)36(33)49)28-18-10-17-27-26-20-19-25(21-29(26)57-42(27)28)45-54-43(23-13-6-2-7-14-23)53-44(55-45)24-15-8-3-9-16-24/h1-21H. The van der Waals surface area contributed by atoms with Gasteiger partial charge in [0.15, 0.2) is 23.1 Å². The molecular formula is C45H21B7N4O. The lowest BCUT2D eigenvalue weighted by Gasteiger charge is -2.18. The van der Waals surface area contributed by atoms with Crippen molar-refractivity contribution in [2.75, 3.05) is 0 Å². The molecule has 0 fully saturated rings. The van der Waals surface area contributed by atoms with Crippen molar-refractivity contribution in [1.29, 1.82) is 0 Å². The van der Waals surface area contributed by atoms with Crippen molar-refractivity contribution in [2.24, 2.45) is 0 Å². The summed E-state index contributed by atoms with van der Waals surface area (Å²) in [5.41, 5.74) is 8.26. The monoisotopic (exact) mass is 710 g/mol. The van der Waals surface area contributed by atoms with Crippen molar-refractivity contribution in [3.05, 3.63) is 127 Å². The van der Waals surface area contributed by atoms with Crippen LogP contribution in [0, 0.1) is 0 Å². The van der Waals surface area contributed by atoms with E-state index in [9.17, 15) is 0 Å². The Hall–Kier alpha value is -6.40. The second-order valence-electron chi connectivity index (χ2n) is 13.9. The highest BCUT2D eigenvalue weighted by Crippen LogP contribution is 2.40. The number of hydrogen-bond donors (Lipinski definition) is 0. The van der Waals surface area contributed by atoms with E-state index in [2.05, 4.69) is 0 Å². The highest BCUT2D eigenvalue weighted by atomic mass is 16.3. The molecule has 14 radical (unpaired) electrons. The molecule has 0 aliphatic rings. The molecule has 3 heterocycles. The van der Waals surface area contributed by atoms with Crippen molar-refractivity contribution < 1.29 is 4.42 Å². The summed E-state index contributed by atoms with van der Waals surface area (Å²) >= 11 is 0. The zero-order valence-electron chi connectivity index (χ0n) is 30.4. The van der Waals surface area contributed by atoms with Crippen LogP contribution < -0.4 is 38.2 Å². The summed E-state index contributed by atoms with van der Waals surface area (Å²) in [6.07, 6.45) is 0. The molecule has 10 aromatic rings. The molecule has 0 spiro atoms. The fourth-order valence-electron chi connectivity index (χ4n) is 7.86. The topological polar surface area (TPSA) is 56.7 Å². The van der Waals surface area contributed by atoms with Gasteiger partial charge < -0.3 is 8.98 Å². The first-order valence-electron chi connectivity index (χ1n) is 18.2. The molecule has 7 aromatic carbocycles. The van der Waals surface area contributed by atoms with E-state index in [-0.39, 0.29) is 32.8 Å². The van der Waals surface area contributed by atoms with Gasteiger partial charge in [-0.3, -0.25) is 0 Å². The summed E-state index contributed by atoms with van der Waals surface area (Å²) < 4.78 is 8.72. The third kappa shape index (κ3) is 5.38. The maximum atomic E-state index is 6.94. The average molecular weight is 709 g/mol. The van der Waals surface area contributed by atoms with Gasteiger partial charge in [-0.1, -0.05) is 131 Å². The first-order valence-corrected chi connectivity index (χ1v) is 18.2. The van der Waals surface area contributed by atoms with Gasteiger partial charge in [0.2, 0.25) is 0 Å². The first-order chi connectivity index (χ1) is 27.7. The number of furan rings is 1. The molecule has 0 amide bonds. The predicted octanol–water partition coefficient (Wildman–Crippen LogP) is 3.09. The van der Waals surface area contributed by atoms with Crippen molar-refractivity contribution in [1.82, 2.24) is 19.5 Å². The molecule has 0 aliphatic carbocycles. The first kappa shape index (κ1) is 35.0. The Morgan fingerprint density at radius 2 is 0.912 bits per heavy atom. The van der Waals surface area contributed by atoms with Crippen LogP contribution in [-0.2, 0) is 0 Å². The summed E-state index contributed by atoms with van der Waals surface area (Å²) in [5, 5.41) is 2.88. The van der Waals surface area contributed by atoms with Crippen LogP contribution >= 0.6 is 0 Å². The van der Waals surface area contributed by atoms with E-state index < -0.39 is 0 Å².